The molecule has 4 heteroatoms. The van der Waals surface area contributed by atoms with Gasteiger partial charge in [0.05, 0.1) is 5.56 Å². The number of rotatable bonds is 3. The monoisotopic (exact) mass is 371 g/mol. The molecule has 0 N–H and O–H groups in total. The van der Waals surface area contributed by atoms with Gasteiger partial charge in [-0.15, -0.1) is 0 Å². The summed E-state index contributed by atoms with van der Waals surface area (Å²) in [5.41, 5.74) is 2.98. The first-order valence-corrected chi connectivity index (χ1v) is 10.3. The summed E-state index contributed by atoms with van der Waals surface area (Å²) in [5, 5.41) is 2.52. The molecule has 0 spiro atoms. The fourth-order valence-electron chi connectivity index (χ4n) is 5.30. The summed E-state index contributed by atoms with van der Waals surface area (Å²) < 4.78 is 0. The molecule has 0 saturated carbocycles. The van der Waals surface area contributed by atoms with Gasteiger partial charge >= 0.3 is 0 Å². The van der Waals surface area contributed by atoms with E-state index < -0.39 is 0 Å². The number of fused-ring (bicyclic) bond motifs is 3. The summed E-state index contributed by atoms with van der Waals surface area (Å²) in [7, 11) is 0. The highest BCUT2D eigenvalue weighted by atomic mass is 16.2. The number of carbonyl (C=O) groups excluding carboxylic acids is 1. The Morgan fingerprint density at radius 2 is 1.89 bits per heavy atom. The van der Waals surface area contributed by atoms with Crippen LogP contribution in [0.25, 0.3) is 10.8 Å². The van der Waals surface area contributed by atoms with Crippen molar-refractivity contribution in [2.45, 2.75) is 51.1 Å². The van der Waals surface area contributed by atoms with Crippen molar-refractivity contribution < 1.29 is 4.79 Å². The number of aryl methyl sites for hydroxylation is 1. The van der Waals surface area contributed by atoms with Crippen LogP contribution in [0.4, 0.5) is 0 Å². The van der Waals surface area contributed by atoms with E-state index in [0.29, 0.717) is 18.0 Å². The van der Waals surface area contributed by atoms with Gasteiger partial charge in [0, 0.05) is 41.8 Å². The van der Waals surface area contributed by atoms with Crippen molar-refractivity contribution in [1.82, 2.24) is 14.9 Å². The minimum absolute atomic E-state index is 0.172. The summed E-state index contributed by atoms with van der Waals surface area (Å²) >= 11 is 0. The van der Waals surface area contributed by atoms with Crippen molar-refractivity contribution in [2.24, 2.45) is 5.92 Å². The summed E-state index contributed by atoms with van der Waals surface area (Å²) in [6, 6.07) is 13.1. The van der Waals surface area contributed by atoms with Crippen molar-refractivity contribution in [3.05, 3.63) is 71.8 Å². The number of amides is 1. The Morgan fingerprint density at radius 1 is 1.07 bits per heavy atom. The number of hydrogen-bond acceptors (Lipinski definition) is 3. The fraction of sp³-hybridized carbons (Fsp3) is 0.375. The van der Waals surface area contributed by atoms with Gasteiger partial charge in [-0.05, 0) is 74.1 Å². The molecular weight excluding hydrogens is 346 g/mol. The van der Waals surface area contributed by atoms with Gasteiger partial charge in [-0.25, -0.2) is 0 Å². The maximum absolute atomic E-state index is 13.2. The van der Waals surface area contributed by atoms with Crippen LogP contribution in [0.15, 0.2) is 55.0 Å². The summed E-state index contributed by atoms with van der Waals surface area (Å²) in [5.74, 6) is 0.799. The van der Waals surface area contributed by atoms with E-state index in [1.807, 2.05) is 31.5 Å². The highest BCUT2D eigenvalue weighted by molar-refractivity contribution is 5.95. The molecule has 0 aliphatic carbocycles. The lowest BCUT2D eigenvalue weighted by molar-refractivity contribution is 0.0523. The molecule has 4 heterocycles. The molecule has 3 aromatic rings. The Bertz CT molecular complexity index is 1010. The SMILES string of the molecule is Cc1ncccc1C(=O)N1C2CCC1CC(Cc1cccc3ccncc13)C2. The number of carbonyl (C=O) groups is 1. The average molecular weight is 371 g/mol. The van der Waals surface area contributed by atoms with Crippen molar-refractivity contribution >= 4 is 16.7 Å². The van der Waals surface area contributed by atoms with E-state index in [1.165, 1.54) is 16.3 Å². The van der Waals surface area contributed by atoms with Crippen molar-refractivity contribution in [3.8, 4) is 0 Å². The van der Waals surface area contributed by atoms with Gasteiger partial charge in [-0.3, -0.25) is 14.8 Å². The summed E-state index contributed by atoms with van der Waals surface area (Å²) in [6.45, 7) is 1.93. The molecule has 1 aromatic carbocycles. The zero-order valence-corrected chi connectivity index (χ0v) is 16.2. The minimum atomic E-state index is 0.172. The molecule has 2 aliphatic rings. The van der Waals surface area contributed by atoms with E-state index in [9.17, 15) is 4.79 Å². The number of hydrogen-bond donors (Lipinski definition) is 0. The maximum Gasteiger partial charge on any atom is 0.256 e. The van der Waals surface area contributed by atoms with Crippen LogP contribution in [0.5, 0.6) is 0 Å². The smallest absolute Gasteiger partial charge is 0.256 e. The average Bonchev–Trinajstić information content (AvgIpc) is 2.98. The van der Waals surface area contributed by atoms with Crippen LogP contribution in [0.1, 0.15) is 47.3 Å². The molecule has 2 aliphatic heterocycles. The van der Waals surface area contributed by atoms with Gasteiger partial charge in [0.25, 0.3) is 5.91 Å². The third-order valence-corrected chi connectivity index (χ3v) is 6.59. The first-order valence-electron chi connectivity index (χ1n) is 10.3. The van der Waals surface area contributed by atoms with E-state index in [-0.39, 0.29) is 5.91 Å². The lowest BCUT2D eigenvalue weighted by Crippen LogP contribution is -2.47. The van der Waals surface area contributed by atoms with Crippen molar-refractivity contribution in [3.63, 3.8) is 0 Å². The number of nitrogens with zero attached hydrogens (tertiary/aromatic N) is 3. The Labute approximate surface area is 165 Å². The standard InChI is InChI=1S/C24H25N3O/c1-16-22(6-3-10-26-16)24(28)27-20-7-8-21(27)14-17(13-20)12-19-5-2-4-18-9-11-25-15-23(18)19/h2-6,9-11,15,17,20-21H,7-8,12-14H2,1H3. The largest absolute Gasteiger partial charge is 0.333 e. The van der Waals surface area contributed by atoms with Crippen LogP contribution >= 0.6 is 0 Å². The van der Waals surface area contributed by atoms with Gasteiger partial charge in [0.1, 0.15) is 0 Å². The van der Waals surface area contributed by atoms with E-state index in [2.05, 4.69) is 39.1 Å². The molecule has 28 heavy (non-hydrogen) atoms. The quantitative estimate of drug-likeness (QED) is 0.678. The Morgan fingerprint density at radius 3 is 2.68 bits per heavy atom. The first kappa shape index (κ1) is 17.4. The lowest BCUT2D eigenvalue weighted by Gasteiger charge is -2.39. The molecule has 2 aromatic heterocycles. The molecule has 2 saturated heterocycles. The minimum Gasteiger partial charge on any atom is -0.333 e. The zero-order chi connectivity index (χ0) is 19.1. The van der Waals surface area contributed by atoms with Gasteiger partial charge < -0.3 is 4.90 Å². The Hall–Kier alpha value is -2.75. The normalized spacial score (nSPS) is 23.9. The second-order valence-corrected chi connectivity index (χ2v) is 8.29. The second kappa shape index (κ2) is 7.01. The molecule has 1 amide bonds. The van der Waals surface area contributed by atoms with Gasteiger partial charge in [-0.1, -0.05) is 18.2 Å². The second-order valence-electron chi connectivity index (χ2n) is 8.29. The molecule has 2 fully saturated rings. The topological polar surface area (TPSA) is 46.1 Å². The maximum atomic E-state index is 13.2. The predicted octanol–water partition coefficient (Wildman–Crippen LogP) is 4.56. The molecule has 2 atom stereocenters. The highest BCUT2D eigenvalue weighted by Crippen LogP contribution is 2.41. The molecule has 0 radical (unpaired) electrons. The summed E-state index contributed by atoms with van der Waals surface area (Å²) in [4.78, 5) is 24.0. The third kappa shape index (κ3) is 2.97. The first-order chi connectivity index (χ1) is 13.7. The molecule has 5 rings (SSSR count). The van der Waals surface area contributed by atoms with Gasteiger partial charge in [0.15, 0.2) is 0 Å². The van der Waals surface area contributed by atoms with E-state index in [1.54, 1.807) is 6.20 Å². The highest BCUT2D eigenvalue weighted by Gasteiger charge is 2.43. The number of pyridine rings is 2. The summed E-state index contributed by atoms with van der Waals surface area (Å²) in [6.07, 6.45) is 11.1. The van der Waals surface area contributed by atoms with Crippen LogP contribution in [0, 0.1) is 12.8 Å². The number of benzene rings is 1. The molecular formula is C24H25N3O. The van der Waals surface area contributed by atoms with Crippen LogP contribution in [-0.4, -0.2) is 32.9 Å². The third-order valence-electron chi connectivity index (χ3n) is 6.59. The van der Waals surface area contributed by atoms with E-state index in [0.717, 1.165) is 43.4 Å². The number of aromatic nitrogens is 2. The molecule has 4 nitrogen and oxygen atoms in total. The lowest BCUT2D eigenvalue weighted by atomic mass is 9.84. The Balaban J connectivity index is 1.36. The molecule has 142 valence electrons. The van der Waals surface area contributed by atoms with E-state index >= 15 is 0 Å². The van der Waals surface area contributed by atoms with Crippen molar-refractivity contribution in [2.75, 3.05) is 0 Å². The fourth-order valence-corrected chi connectivity index (χ4v) is 5.30. The molecule has 2 bridgehead atoms. The van der Waals surface area contributed by atoms with Gasteiger partial charge in [0.2, 0.25) is 0 Å². The van der Waals surface area contributed by atoms with Crippen LogP contribution in [0.3, 0.4) is 0 Å². The van der Waals surface area contributed by atoms with Crippen LogP contribution < -0.4 is 0 Å². The van der Waals surface area contributed by atoms with E-state index in [4.69, 9.17) is 0 Å². The predicted molar refractivity (Wildman–Crippen MR) is 110 cm³/mol. The Kier molecular flexibility index (Phi) is 4.34. The van der Waals surface area contributed by atoms with Crippen LogP contribution in [0.2, 0.25) is 0 Å². The van der Waals surface area contributed by atoms with Gasteiger partial charge in [-0.2, -0.15) is 0 Å². The van der Waals surface area contributed by atoms with Crippen molar-refractivity contribution in [1.29, 1.82) is 0 Å². The number of piperidine rings is 1. The zero-order valence-electron chi connectivity index (χ0n) is 16.2. The van der Waals surface area contributed by atoms with Crippen LogP contribution in [-0.2, 0) is 6.42 Å². The molecule has 2 unspecified atom stereocenters.